The van der Waals surface area contributed by atoms with E-state index in [1.54, 1.807) is 0 Å². The molecule has 19 heavy (non-hydrogen) atoms. The average molecular weight is 312 g/mol. The van der Waals surface area contributed by atoms with Gasteiger partial charge in [0.15, 0.2) is 0 Å². The Morgan fingerprint density at radius 1 is 1.32 bits per heavy atom. The van der Waals surface area contributed by atoms with Crippen molar-refractivity contribution in [3.8, 4) is 5.69 Å². The minimum atomic E-state index is -4.59. The Bertz CT molecular complexity index is 711. The summed E-state index contributed by atoms with van der Waals surface area (Å²) in [5.41, 5.74) is -1.08. The summed E-state index contributed by atoms with van der Waals surface area (Å²) in [6.07, 6.45) is -1.69. The first-order valence-corrected chi connectivity index (χ1v) is 7.02. The maximum atomic E-state index is 12.5. The normalized spacial score (nSPS) is 12.6. The van der Waals surface area contributed by atoms with E-state index in [9.17, 15) is 21.6 Å². The quantitative estimate of drug-likeness (QED) is 0.798. The third-order valence-electron chi connectivity index (χ3n) is 2.14. The monoisotopic (exact) mass is 311 g/mol. The number of halogens is 4. The zero-order valence-electron chi connectivity index (χ0n) is 8.96. The standard InChI is InChI=1S/C9H5ClF3N3O2S/c10-19(17,18)7-4-15-16(5-7)6-1-2-14-8(3-6)9(11,12)13/h1-5H. The Morgan fingerprint density at radius 2 is 2.00 bits per heavy atom. The lowest BCUT2D eigenvalue weighted by Crippen LogP contribution is -2.09. The number of aromatic nitrogens is 3. The molecule has 0 spiro atoms. The van der Waals surface area contributed by atoms with Crippen LogP contribution >= 0.6 is 10.7 Å². The lowest BCUT2D eigenvalue weighted by molar-refractivity contribution is -0.141. The zero-order chi connectivity index (χ0) is 14.3. The van der Waals surface area contributed by atoms with Crippen LogP contribution in [-0.4, -0.2) is 23.2 Å². The summed E-state index contributed by atoms with van der Waals surface area (Å²) < 4.78 is 60.4. The predicted octanol–water partition coefficient (Wildman–Crippen LogP) is 2.21. The smallest absolute Gasteiger partial charge is 0.252 e. The molecule has 2 heterocycles. The van der Waals surface area contributed by atoms with Crippen molar-refractivity contribution in [2.75, 3.05) is 0 Å². The number of hydrogen-bond acceptors (Lipinski definition) is 4. The molecule has 0 unspecified atom stereocenters. The van der Waals surface area contributed by atoms with Gasteiger partial charge >= 0.3 is 6.18 Å². The van der Waals surface area contributed by atoms with Crippen molar-refractivity contribution < 1.29 is 21.6 Å². The van der Waals surface area contributed by atoms with Crippen LogP contribution in [0.3, 0.4) is 0 Å². The molecule has 0 aromatic carbocycles. The molecular formula is C9H5ClF3N3O2S. The summed E-state index contributed by atoms with van der Waals surface area (Å²) >= 11 is 0. The van der Waals surface area contributed by atoms with Crippen molar-refractivity contribution in [1.82, 2.24) is 14.8 Å². The van der Waals surface area contributed by atoms with Crippen LogP contribution in [0, 0.1) is 0 Å². The molecule has 0 aliphatic heterocycles. The number of pyridine rings is 1. The number of nitrogens with zero attached hydrogens (tertiary/aromatic N) is 3. The van der Waals surface area contributed by atoms with Crippen LogP contribution in [0.25, 0.3) is 5.69 Å². The molecule has 0 radical (unpaired) electrons. The van der Waals surface area contributed by atoms with Gasteiger partial charge in [-0.25, -0.2) is 13.1 Å². The Hall–Kier alpha value is -1.61. The Kier molecular flexibility index (Phi) is 3.27. The fourth-order valence-corrected chi connectivity index (χ4v) is 1.93. The minimum Gasteiger partial charge on any atom is -0.252 e. The van der Waals surface area contributed by atoms with Crippen LogP contribution in [0.15, 0.2) is 35.6 Å². The summed E-state index contributed by atoms with van der Waals surface area (Å²) in [5.74, 6) is 0. The molecule has 0 bridgehead atoms. The third-order valence-corrected chi connectivity index (χ3v) is 3.45. The summed E-state index contributed by atoms with van der Waals surface area (Å²) in [7, 11) is 1.11. The molecule has 0 aliphatic rings. The topological polar surface area (TPSA) is 64.8 Å². The van der Waals surface area contributed by atoms with Gasteiger partial charge in [-0.1, -0.05) is 0 Å². The highest BCUT2D eigenvalue weighted by Gasteiger charge is 2.32. The van der Waals surface area contributed by atoms with E-state index in [1.807, 2.05) is 0 Å². The Labute approximate surface area is 110 Å². The first kappa shape index (κ1) is 13.8. The van der Waals surface area contributed by atoms with Gasteiger partial charge in [-0.05, 0) is 12.1 Å². The summed E-state index contributed by atoms with van der Waals surface area (Å²) in [4.78, 5) is 2.88. The van der Waals surface area contributed by atoms with E-state index >= 15 is 0 Å². The molecule has 10 heteroatoms. The minimum absolute atomic E-state index is 0.0221. The largest absolute Gasteiger partial charge is 0.433 e. The van der Waals surface area contributed by atoms with Gasteiger partial charge in [0.25, 0.3) is 9.05 Å². The van der Waals surface area contributed by atoms with E-state index in [-0.39, 0.29) is 10.6 Å². The van der Waals surface area contributed by atoms with E-state index < -0.39 is 20.9 Å². The van der Waals surface area contributed by atoms with Crippen molar-refractivity contribution in [1.29, 1.82) is 0 Å². The molecule has 5 nitrogen and oxygen atoms in total. The Morgan fingerprint density at radius 3 is 2.53 bits per heavy atom. The molecule has 0 saturated carbocycles. The first-order chi connectivity index (χ1) is 8.68. The van der Waals surface area contributed by atoms with Crippen LogP contribution in [0.4, 0.5) is 13.2 Å². The fraction of sp³-hybridized carbons (Fsp3) is 0.111. The molecule has 2 aromatic heterocycles. The fourth-order valence-electron chi connectivity index (χ4n) is 1.29. The summed E-state index contributed by atoms with van der Waals surface area (Å²) in [5, 5.41) is 3.63. The second kappa shape index (κ2) is 4.49. The number of rotatable bonds is 2. The molecule has 2 rings (SSSR count). The van der Waals surface area contributed by atoms with Crippen LogP contribution < -0.4 is 0 Å². The van der Waals surface area contributed by atoms with E-state index in [2.05, 4.69) is 10.1 Å². The van der Waals surface area contributed by atoms with Crippen LogP contribution in [0.5, 0.6) is 0 Å². The Balaban J connectivity index is 2.46. The van der Waals surface area contributed by atoms with Gasteiger partial charge < -0.3 is 0 Å². The second-order valence-corrected chi connectivity index (χ2v) is 6.02. The van der Waals surface area contributed by atoms with E-state index in [4.69, 9.17) is 10.7 Å². The highest BCUT2D eigenvalue weighted by molar-refractivity contribution is 8.13. The molecular weight excluding hydrogens is 307 g/mol. The first-order valence-electron chi connectivity index (χ1n) is 4.71. The van der Waals surface area contributed by atoms with Crippen molar-refractivity contribution >= 4 is 19.7 Å². The highest BCUT2D eigenvalue weighted by Crippen LogP contribution is 2.28. The van der Waals surface area contributed by atoms with Gasteiger partial charge in [0.2, 0.25) is 0 Å². The SMILES string of the molecule is O=S(=O)(Cl)c1cnn(-c2ccnc(C(F)(F)F)c2)c1. The van der Waals surface area contributed by atoms with Crippen molar-refractivity contribution in [2.45, 2.75) is 11.1 Å². The molecule has 0 amide bonds. The van der Waals surface area contributed by atoms with Gasteiger partial charge in [0, 0.05) is 16.9 Å². The molecule has 2 aromatic rings. The number of alkyl halides is 3. The van der Waals surface area contributed by atoms with Crippen molar-refractivity contribution in [3.05, 3.63) is 36.4 Å². The lowest BCUT2D eigenvalue weighted by Gasteiger charge is -2.07. The van der Waals surface area contributed by atoms with Gasteiger partial charge in [-0.2, -0.15) is 18.3 Å². The van der Waals surface area contributed by atoms with Gasteiger partial charge in [-0.3, -0.25) is 4.98 Å². The third kappa shape index (κ3) is 3.04. The second-order valence-electron chi connectivity index (χ2n) is 3.46. The van der Waals surface area contributed by atoms with Crippen LogP contribution in [0.2, 0.25) is 0 Å². The maximum absolute atomic E-state index is 12.5. The average Bonchev–Trinajstić information content (AvgIpc) is 2.77. The predicted molar refractivity (Wildman–Crippen MR) is 59.4 cm³/mol. The van der Waals surface area contributed by atoms with Gasteiger partial charge in [0.1, 0.15) is 10.6 Å². The number of hydrogen-bond donors (Lipinski definition) is 0. The highest BCUT2D eigenvalue weighted by atomic mass is 35.7. The summed E-state index contributed by atoms with van der Waals surface area (Å²) in [6, 6.07) is 2.00. The van der Waals surface area contributed by atoms with Crippen LogP contribution in [-0.2, 0) is 15.2 Å². The van der Waals surface area contributed by atoms with Crippen molar-refractivity contribution in [2.24, 2.45) is 0 Å². The molecule has 0 atom stereocenters. The van der Waals surface area contributed by atoms with E-state index in [0.717, 1.165) is 29.3 Å². The van der Waals surface area contributed by atoms with Gasteiger partial charge in [-0.15, -0.1) is 0 Å². The molecule has 0 fully saturated rings. The van der Waals surface area contributed by atoms with Crippen molar-refractivity contribution in [3.63, 3.8) is 0 Å². The lowest BCUT2D eigenvalue weighted by atomic mass is 10.3. The maximum Gasteiger partial charge on any atom is 0.433 e. The zero-order valence-corrected chi connectivity index (χ0v) is 10.5. The van der Waals surface area contributed by atoms with E-state index in [0.29, 0.717) is 0 Å². The molecule has 0 aliphatic carbocycles. The molecule has 0 N–H and O–H groups in total. The van der Waals surface area contributed by atoms with E-state index in [1.165, 1.54) is 6.07 Å². The molecule has 102 valence electrons. The van der Waals surface area contributed by atoms with Crippen LogP contribution in [0.1, 0.15) is 5.69 Å². The summed E-state index contributed by atoms with van der Waals surface area (Å²) in [6.45, 7) is 0. The molecule has 0 saturated heterocycles. The van der Waals surface area contributed by atoms with Gasteiger partial charge in [0.05, 0.1) is 18.1 Å².